The highest BCUT2D eigenvalue weighted by molar-refractivity contribution is 9.10. The fraction of sp³-hybridized carbons (Fsp3) is 0.333. The number of H-pyrrole nitrogens is 1. The summed E-state index contributed by atoms with van der Waals surface area (Å²) in [7, 11) is 0. The van der Waals surface area contributed by atoms with Gasteiger partial charge in [0.05, 0.1) is 6.61 Å². The summed E-state index contributed by atoms with van der Waals surface area (Å²) in [5.74, 6) is 0. The summed E-state index contributed by atoms with van der Waals surface area (Å²) in [5.41, 5.74) is 0.621. The van der Waals surface area contributed by atoms with Crippen LogP contribution in [-0.4, -0.2) is 19.9 Å². The highest BCUT2D eigenvalue weighted by atomic mass is 79.9. The number of aromatic amines is 1. The van der Waals surface area contributed by atoms with Crippen molar-refractivity contribution in [1.82, 2.24) is 14.8 Å². The van der Waals surface area contributed by atoms with Crippen LogP contribution in [0.3, 0.4) is 0 Å². The highest BCUT2D eigenvalue weighted by Gasteiger charge is 2.13. The quantitative estimate of drug-likeness (QED) is 0.894. The average Bonchev–Trinajstić information content (AvgIpc) is 2.70. The summed E-state index contributed by atoms with van der Waals surface area (Å²) in [4.78, 5) is 12.6. The molecule has 0 unspecified atom stereocenters. The van der Waals surface area contributed by atoms with Gasteiger partial charge in [0.1, 0.15) is 0 Å². The molecule has 0 spiro atoms. The number of rotatable bonds is 4. The summed E-state index contributed by atoms with van der Waals surface area (Å²) in [6.45, 7) is 3.86. The molecule has 0 amide bonds. The molecule has 1 aromatic carbocycles. The number of aliphatic hydroxyl groups excluding tert-OH is 1. The summed E-state index contributed by atoms with van der Waals surface area (Å²) in [6.07, 6.45) is 0. The van der Waals surface area contributed by atoms with Gasteiger partial charge in [-0.3, -0.25) is 4.57 Å². The first-order chi connectivity index (χ1) is 9.02. The predicted octanol–water partition coefficient (Wildman–Crippen LogP) is 2.56. The van der Waals surface area contributed by atoms with E-state index in [1.54, 1.807) is 4.57 Å². The zero-order valence-corrected chi connectivity index (χ0v) is 13.0. The second-order valence-corrected chi connectivity index (χ2v) is 6.18. The minimum Gasteiger partial charge on any atom is -0.392 e. The summed E-state index contributed by atoms with van der Waals surface area (Å²) in [5, 5.41) is 16.2. The Balaban J connectivity index is 2.31. The topological polar surface area (TPSA) is 70.9 Å². The maximum atomic E-state index is 11.6. The first-order valence-corrected chi connectivity index (χ1v) is 7.38. The van der Waals surface area contributed by atoms with Crippen molar-refractivity contribution in [3.8, 4) is 0 Å². The fourth-order valence-corrected chi connectivity index (χ4v) is 3.31. The Labute approximate surface area is 123 Å². The van der Waals surface area contributed by atoms with Crippen LogP contribution in [0.1, 0.15) is 25.5 Å². The van der Waals surface area contributed by atoms with Gasteiger partial charge in [0.15, 0.2) is 5.16 Å². The lowest BCUT2D eigenvalue weighted by Crippen LogP contribution is -2.19. The molecule has 0 saturated heterocycles. The van der Waals surface area contributed by atoms with Gasteiger partial charge in [0.2, 0.25) is 0 Å². The maximum Gasteiger partial charge on any atom is 0.344 e. The fourth-order valence-electron chi connectivity index (χ4n) is 1.64. The zero-order chi connectivity index (χ0) is 14.0. The molecule has 0 aliphatic heterocycles. The molecule has 2 aromatic rings. The number of halogens is 1. The molecular weight excluding hydrogens is 330 g/mol. The molecule has 2 rings (SSSR count). The first-order valence-electron chi connectivity index (χ1n) is 5.77. The van der Waals surface area contributed by atoms with Crippen LogP contribution in [0.2, 0.25) is 0 Å². The van der Waals surface area contributed by atoms with Crippen molar-refractivity contribution in [2.45, 2.75) is 36.5 Å². The molecule has 1 aromatic heterocycles. The molecule has 0 bridgehead atoms. The van der Waals surface area contributed by atoms with E-state index in [1.807, 2.05) is 32.0 Å². The number of nitrogens with one attached hydrogen (secondary N) is 1. The van der Waals surface area contributed by atoms with Crippen LogP contribution in [0.5, 0.6) is 0 Å². The van der Waals surface area contributed by atoms with Gasteiger partial charge in [0, 0.05) is 15.4 Å². The Morgan fingerprint density at radius 3 is 2.84 bits per heavy atom. The summed E-state index contributed by atoms with van der Waals surface area (Å²) < 4.78 is 2.45. The molecule has 0 aliphatic carbocycles. The monoisotopic (exact) mass is 343 g/mol. The third-order valence-corrected chi connectivity index (χ3v) is 4.29. The molecule has 0 aliphatic rings. The van der Waals surface area contributed by atoms with Crippen LogP contribution >= 0.6 is 27.7 Å². The summed E-state index contributed by atoms with van der Waals surface area (Å²) >= 11 is 4.81. The van der Waals surface area contributed by atoms with Crippen molar-refractivity contribution in [3.05, 3.63) is 38.7 Å². The molecule has 7 heteroatoms. The lowest BCUT2D eigenvalue weighted by Gasteiger charge is -2.09. The van der Waals surface area contributed by atoms with Crippen LogP contribution in [0.4, 0.5) is 0 Å². The van der Waals surface area contributed by atoms with E-state index < -0.39 is 0 Å². The van der Waals surface area contributed by atoms with Crippen molar-refractivity contribution in [2.24, 2.45) is 0 Å². The normalized spacial score (nSPS) is 11.2. The minimum absolute atomic E-state index is 0.00929. The van der Waals surface area contributed by atoms with Crippen LogP contribution < -0.4 is 5.69 Å². The third kappa shape index (κ3) is 3.10. The first kappa shape index (κ1) is 14.4. The Bertz CT molecular complexity index is 636. The largest absolute Gasteiger partial charge is 0.392 e. The van der Waals surface area contributed by atoms with Crippen molar-refractivity contribution in [1.29, 1.82) is 0 Å². The number of hydrogen-bond acceptors (Lipinski definition) is 4. The van der Waals surface area contributed by atoms with Gasteiger partial charge < -0.3 is 5.11 Å². The van der Waals surface area contributed by atoms with Gasteiger partial charge in [-0.05, 0) is 43.3 Å². The second kappa shape index (κ2) is 5.94. The van der Waals surface area contributed by atoms with E-state index in [0.29, 0.717) is 5.16 Å². The van der Waals surface area contributed by atoms with Crippen molar-refractivity contribution >= 4 is 27.7 Å². The van der Waals surface area contributed by atoms with Gasteiger partial charge >= 0.3 is 5.69 Å². The van der Waals surface area contributed by atoms with Gasteiger partial charge in [0.25, 0.3) is 0 Å². The minimum atomic E-state index is -0.205. The van der Waals surface area contributed by atoms with Gasteiger partial charge in [-0.15, -0.1) is 5.10 Å². The molecule has 102 valence electrons. The molecule has 2 N–H and O–H groups in total. The van der Waals surface area contributed by atoms with E-state index in [2.05, 4.69) is 26.1 Å². The van der Waals surface area contributed by atoms with Gasteiger partial charge in [-0.1, -0.05) is 22.0 Å². The van der Waals surface area contributed by atoms with Crippen molar-refractivity contribution in [3.63, 3.8) is 0 Å². The lowest BCUT2D eigenvalue weighted by molar-refractivity contribution is 0.281. The van der Waals surface area contributed by atoms with E-state index in [-0.39, 0.29) is 18.3 Å². The predicted molar refractivity (Wildman–Crippen MR) is 77.4 cm³/mol. The van der Waals surface area contributed by atoms with Crippen LogP contribution in [0, 0.1) is 0 Å². The zero-order valence-electron chi connectivity index (χ0n) is 10.6. The van der Waals surface area contributed by atoms with E-state index in [4.69, 9.17) is 5.11 Å². The molecule has 0 atom stereocenters. The SMILES string of the molecule is CC(C)n1c(Sc2ccc(CO)c(Br)c2)n[nH]c1=O. The molecule has 5 nitrogen and oxygen atoms in total. The number of aliphatic hydroxyl groups is 1. The Hall–Kier alpha value is -1.05. The van der Waals surface area contributed by atoms with Crippen LogP contribution in [0.15, 0.2) is 37.5 Å². The van der Waals surface area contributed by atoms with Gasteiger partial charge in [-0.25, -0.2) is 9.89 Å². The highest BCUT2D eigenvalue weighted by Crippen LogP contribution is 2.30. The number of nitrogens with zero attached hydrogens (tertiary/aromatic N) is 2. The molecule has 0 saturated carbocycles. The standard InChI is InChI=1S/C12H14BrN3O2S/c1-7(2)16-11(18)14-15-12(16)19-9-4-3-8(6-17)10(13)5-9/h3-5,7,17H,6H2,1-2H3,(H,14,18). The van der Waals surface area contributed by atoms with E-state index in [9.17, 15) is 4.79 Å². The number of hydrogen-bond donors (Lipinski definition) is 2. The van der Waals surface area contributed by atoms with Gasteiger partial charge in [-0.2, -0.15) is 0 Å². The number of aromatic nitrogens is 3. The van der Waals surface area contributed by atoms with E-state index >= 15 is 0 Å². The number of benzene rings is 1. The Kier molecular flexibility index (Phi) is 4.49. The Morgan fingerprint density at radius 2 is 2.26 bits per heavy atom. The molecule has 0 fully saturated rings. The molecule has 0 radical (unpaired) electrons. The maximum absolute atomic E-state index is 11.6. The van der Waals surface area contributed by atoms with E-state index in [0.717, 1.165) is 14.9 Å². The van der Waals surface area contributed by atoms with Crippen molar-refractivity contribution < 1.29 is 5.11 Å². The van der Waals surface area contributed by atoms with Crippen molar-refractivity contribution in [2.75, 3.05) is 0 Å². The van der Waals surface area contributed by atoms with E-state index in [1.165, 1.54) is 11.8 Å². The average molecular weight is 344 g/mol. The molecular formula is C12H14BrN3O2S. The molecule has 19 heavy (non-hydrogen) atoms. The van der Waals surface area contributed by atoms with Crippen LogP contribution in [0.25, 0.3) is 0 Å². The third-order valence-electron chi connectivity index (χ3n) is 2.59. The smallest absolute Gasteiger partial charge is 0.344 e. The Morgan fingerprint density at radius 1 is 1.53 bits per heavy atom. The van der Waals surface area contributed by atoms with Crippen LogP contribution in [-0.2, 0) is 6.61 Å². The lowest BCUT2D eigenvalue weighted by atomic mass is 10.2. The molecule has 1 heterocycles. The second-order valence-electron chi connectivity index (χ2n) is 4.29. The summed E-state index contributed by atoms with van der Waals surface area (Å²) in [6, 6.07) is 5.69.